The molecule has 0 unspecified atom stereocenters. The smallest absolute Gasteiger partial charge is 0.244 e. The van der Waals surface area contributed by atoms with Crippen molar-refractivity contribution in [1.82, 2.24) is 19.1 Å². The zero-order chi connectivity index (χ0) is 19.1. The zero-order valence-electron chi connectivity index (χ0n) is 15.4. The molecule has 0 saturated heterocycles. The van der Waals surface area contributed by atoms with Crippen LogP contribution in [0, 0.1) is 12.7 Å². The molecule has 0 bridgehead atoms. The maximum absolute atomic E-state index is 14.0. The number of imidazole rings is 2. The number of aromatic nitrogens is 4. The minimum absolute atomic E-state index is 0.0189. The number of rotatable bonds is 4. The number of halogens is 1. The molecule has 0 fully saturated rings. The van der Waals surface area contributed by atoms with Crippen LogP contribution in [-0.4, -0.2) is 25.0 Å². The lowest BCUT2D eigenvalue weighted by molar-refractivity contribution is -0.116. The van der Waals surface area contributed by atoms with E-state index in [0.717, 1.165) is 16.9 Å². The normalized spacial score (nSPS) is 11.6. The van der Waals surface area contributed by atoms with Crippen molar-refractivity contribution in [3.8, 4) is 0 Å². The van der Waals surface area contributed by atoms with Gasteiger partial charge >= 0.3 is 0 Å². The first-order chi connectivity index (χ1) is 12.9. The molecular formula is C20H20FN5O. The predicted octanol–water partition coefficient (Wildman–Crippen LogP) is 4.05. The van der Waals surface area contributed by atoms with Gasteiger partial charge in [0.2, 0.25) is 5.91 Å². The second-order valence-corrected chi connectivity index (χ2v) is 6.85. The van der Waals surface area contributed by atoms with Crippen molar-refractivity contribution in [3.63, 3.8) is 0 Å². The Balaban J connectivity index is 1.57. The number of nitrogens with zero attached hydrogens (tertiary/aromatic N) is 4. The number of fused-ring (bicyclic) bond motifs is 2. The minimum Gasteiger partial charge on any atom is -0.326 e. The Kier molecular flexibility index (Phi) is 4.14. The second-order valence-electron chi connectivity index (χ2n) is 6.85. The fourth-order valence-electron chi connectivity index (χ4n) is 3.51. The second kappa shape index (κ2) is 6.50. The van der Waals surface area contributed by atoms with Gasteiger partial charge in [-0.05, 0) is 51.1 Å². The predicted molar refractivity (Wildman–Crippen MR) is 103 cm³/mol. The number of benzene rings is 2. The summed E-state index contributed by atoms with van der Waals surface area (Å²) < 4.78 is 17.7. The lowest BCUT2D eigenvalue weighted by atomic mass is 10.2. The molecule has 1 N–H and O–H groups in total. The molecule has 2 heterocycles. The summed E-state index contributed by atoms with van der Waals surface area (Å²) in [5.74, 6) is 0.287. The first-order valence-electron chi connectivity index (χ1n) is 8.82. The Hall–Kier alpha value is -3.22. The van der Waals surface area contributed by atoms with Crippen LogP contribution in [0.5, 0.6) is 0 Å². The van der Waals surface area contributed by atoms with Crippen LogP contribution >= 0.6 is 0 Å². The average molecular weight is 365 g/mol. The number of carbonyl (C=O) groups is 1. The van der Waals surface area contributed by atoms with E-state index < -0.39 is 5.82 Å². The number of hydrogen-bond donors (Lipinski definition) is 1. The highest BCUT2D eigenvalue weighted by Gasteiger charge is 2.13. The Labute approximate surface area is 155 Å². The first-order valence-corrected chi connectivity index (χ1v) is 8.82. The summed E-state index contributed by atoms with van der Waals surface area (Å²) in [5.41, 5.74) is 3.38. The highest BCUT2D eigenvalue weighted by Crippen LogP contribution is 2.24. The number of hydrogen-bond acceptors (Lipinski definition) is 3. The highest BCUT2D eigenvalue weighted by atomic mass is 19.1. The maximum atomic E-state index is 14.0. The molecule has 0 spiro atoms. The van der Waals surface area contributed by atoms with Crippen molar-refractivity contribution in [1.29, 1.82) is 0 Å². The van der Waals surface area contributed by atoms with E-state index in [4.69, 9.17) is 0 Å². The molecule has 2 aromatic heterocycles. The van der Waals surface area contributed by atoms with Crippen molar-refractivity contribution in [2.75, 3.05) is 5.32 Å². The van der Waals surface area contributed by atoms with Crippen LogP contribution in [-0.2, 0) is 11.3 Å². The van der Waals surface area contributed by atoms with Crippen LogP contribution in [0.4, 0.5) is 10.1 Å². The third-order valence-corrected chi connectivity index (χ3v) is 4.57. The van der Waals surface area contributed by atoms with Gasteiger partial charge in [0.15, 0.2) is 0 Å². The Morgan fingerprint density at radius 3 is 2.81 bits per heavy atom. The maximum Gasteiger partial charge on any atom is 0.244 e. The third-order valence-electron chi connectivity index (χ3n) is 4.57. The van der Waals surface area contributed by atoms with Gasteiger partial charge in [0.25, 0.3) is 0 Å². The molecule has 7 heteroatoms. The number of anilines is 1. The molecule has 1 amide bonds. The van der Waals surface area contributed by atoms with Crippen molar-refractivity contribution in [3.05, 3.63) is 54.4 Å². The topological polar surface area (TPSA) is 64.7 Å². The van der Waals surface area contributed by atoms with Crippen LogP contribution in [0.3, 0.4) is 0 Å². The van der Waals surface area contributed by atoms with E-state index in [-0.39, 0.29) is 12.5 Å². The molecule has 0 aliphatic rings. The van der Waals surface area contributed by atoms with Gasteiger partial charge in [-0.25, -0.2) is 14.4 Å². The molecule has 6 nitrogen and oxygen atoms in total. The summed E-state index contributed by atoms with van der Waals surface area (Å²) in [7, 11) is 0. The first kappa shape index (κ1) is 17.2. The van der Waals surface area contributed by atoms with E-state index >= 15 is 0 Å². The van der Waals surface area contributed by atoms with Crippen LogP contribution in [0.15, 0.2) is 42.7 Å². The van der Waals surface area contributed by atoms with Gasteiger partial charge in [-0.1, -0.05) is 6.07 Å². The van der Waals surface area contributed by atoms with E-state index in [9.17, 15) is 9.18 Å². The van der Waals surface area contributed by atoms with Crippen LogP contribution in [0.25, 0.3) is 22.1 Å². The summed E-state index contributed by atoms with van der Waals surface area (Å²) >= 11 is 0. The van der Waals surface area contributed by atoms with E-state index in [1.54, 1.807) is 12.1 Å². The van der Waals surface area contributed by atoms with Gasteiger partial charge in [-0.3, -0.25) is 4.79 Å². The zero-order valence-corrected chi connectivity index (χ0v) is 15.4. The Bertz CT molecular complexity index is 1160. The summed E-state index contributed by atoms with van der Waals surface area (Å²) in [4.78, 5) is 21.2. The number of amides is 1. The van der Waals surface area contributed by atoms with Crippen LogP contribution in [0.1, 0.15) is 25.7 Å². The fourth-order valence-corrected chi connectivity index (χ4v) is 3.51. The van der Waals surface area contributed by atoms with Crippen molar-refractivity contribution >= 4 is 33.7 Å². The van der Waals surface area contributed by atoms with E-state index in [0.29, 0.717) is 22.8 Å². The van der Waals surface area contributed by atoms with Crippen molar-refractivity contribution < 1.29 is 9.18 Å². The molecule has 0 atom stereocenters. The summed E-state index contributed by atoms with van der Waals surface area (Å²) in [5, 5.41) is 2.86. The molecule has 27 heavy (non-hydrogen) atoms. The summed E-state index contributed by atoms with van der Waals surface area (Å²) in [6.07, 6.45) is 1.48. The van der Waals surface area contributed by atoms with Crippen molar-refractivity contribution in [2.45, 2.75) is 33.4 Å². The summed E-state index contributed by atoms with van der Waals surface area (Å²) in [6, 6.07) is 10.6. The average Bonchev–Trinajstić information content (AvgIpc) is 3.15. The highest BCUT2D eigenvalue weighted by molar-refractivity contribution is 5.93. The van der Waals surface area contributed by atoms with Gasteiger partial charge in [0.1, 0.15) is 23.7 Å². The molecule has 2 aromatic carbocycles. The molecule has 0 saturated carbocycles. The SMILES string of the molecule is Cc1nc2cc(NC(=O)Cn3cnc4cccc(F)c43)ccc2n1C(C)C. The van der Waals surface area contributed by atoms with Gasteiger partial charge in [0, 0.05) is 11.7 Å². The molecule has 0 aliphatic carbocycles. The molecule has 0 radical (unpaired) electrons. The van der Waals surface area contributed by atoms with Gasteiger partial charge in [0.05, 0.1) is 22.9 Å². The van der Waals surface area contributed by atoms with E-state index in [2.05, 4.69) is 33.7 Å². The molecule has 4 aromatic rings. The van der Waals surface area contributed by atoms with Gasteiger partial charge in [-0.15, -0.1) is 0 Å². The quantitative estimate of drug-likeness (QED) is 0.593. The standard InChI is InChI=1S/C20H20FN5O/c1-12(2)26-13(3)23-17-9-14(7-8-18(17)26)24-19(27)10-25-11-22-16-6-4-5-15(21)20(16)25/h4-9,11-12H,10H2,1-3H3,(H,24,27). The Morgan fingerprint density at radius 2 is 2.04 bits per heavy atom. The number of aryl methyl sites for hydroxylation is 1. The minimum atomic E-state index is -0.395. The molecule has 0 aliphatic heterocycles. The molecular weight excluding hydrogens is 345 g/mol. The number of nitrogens with one attached hydrogen (secondary N) is 1. The lowest BCUT2D eigenvalue weighted by Gasteiger charge is -2.11. The monoisotopic (exact) mass is 365 g/mol. The molecule has 138 valence electrons. The number of carbonyl (C=O) groups excluding carboxylic acids is 1. The van der Waals surface area contributed by atoms with E-state index in [1.165, 1.54) is 17.0 Å². The fraction of sp³-hybridized carbons (Fsp3) is 0.250. The van der Waals surface area contributed by atoms with Gasteiger partial charge in [-0.2, -0.15) is 0 Å². The molecule has 4 rings (SSSR count). The van der Waals surface area contributed by atoms with Gasteiger partial charge < -0.3 is 14.5 Å². The lowest BCUT2D eigenvalue weighted by Crippen LogP contribution is -2.18. The third kappa shape index (κ3) is 3.05. The van der Waals surface area contributed by atoms with Crippen molar-refractivity contribution in [2.24, 2.45) is 0 Å². The van der Waals surface area contributed by atoms with Crippen LogP contribution in [0.2, 0.25) is 0 Å². The summed E-state index contributed by atoms with van der Waals surface area (Å²) in [6.45, 7) is 6.17. The Morgan fingerprint density at radius 1 is 1.22 bits per heavy atom. The van der Waals surface area contributed by atoms with E-state index in [1.807, 2.05) is 25.1 Å². The number of para-hydroxylation sites is 1. The van der Waals surface area contributed by atoms with Crippen LogP contribution < -0.4 is 5.32 Å². The largest absolute Gasteiger partial charge is 0.326 e.